The molecule has 0 aliphatic carbocycles. The van der Waals surface area contributed by atoms with Gasteiger partial charge in [-0.1, -0.05) is 52.9 Å². The van der Waals surface area contributed by atoms with Gasteiger partial charge in [0.15, 0.2) is 4.34 Å². The number of carbonyl (C=O) groups excluding carboxylic acids is 2. The van der Waals surface area contributed by atoms with Gasteiger partial charge in [0.1, 0.15) is 11.5 Å². The van der Waals surface area contributed by atoms with Gasteiger partial charge in [-0.25, -0.2) is 0 Å². The van der Waals surface area contributed by atoms with Gasteiger partial charge in [-0.15, -0.1) is 10.2 Å². The number of aromatic nitrogens is 2. The van der Waals surface area contributed by atoms with Crippen LogP contribution in [0.1, 0.15) is 28.3 Å². The molecule has 12 heteroatoms. The summed E-state index contributed by atoms with van der Waals surface area (Å²) in [5, 5.41) is 31.0. The molecule has 1 aliphatic heterocycles. The summed E-state index contributed by atoms with van der Waals surface area (Å²) in [6.45, 7) is 2.01. The van der Waals surface area contributed by atoms with Crippen molar-refractivity contribution >= 4 is 51.4 Å². The molecule has 1 saturated heterocycles. The molecule has 1 unspecified atom stereocenters. The van der Waals surface area contributed by atoms with E-state index in [1.165, 1.54) is 48.0 Å². The second kappa shape index (κ2) is 11.3. The number of thioether (sulfide) groups is 1. The molecule has 1 aliphatic rings. The molecule has 0 spiro atoms. The Morgan fingerprint density at radius 1 is 1.05 bits per heavy atom. The lowest BCUT2D eigenvalue weighted by Gasteiger charge is -2.22. The normalized spacial score (nSPS) is 16.4. The summed E-state index contributed by atoms with van der Waals surface area (Å²) in [5.74, 6) is -0.985. The van der Waals surface area contributed by atoms with Crippen LogP contribution in [0.25, 0.3) is 5.76 Å². The quantitative estimate of drug-likeness (QED) is 0.0536. The van der Waals surface area contributed by atoms with E-state index in [1.54, 1.807) is 24.3 Å². The number of hydrogen-bond donors (Lipinski definition) is 1. The second-order valence-corrected chi connectivity index (χ2v) is 11.0. The summed E-state index contributed by atoms with van der Waals surface area (Å²) in [4.78, 5) is 38.6. The highest BCUT2D eigenvalue weighted by Crippen LogP contribution is 2.44. The summed E-state index contributed by atoms with van der Waals surface area (Å²) >= 11 is 2.59. The zero-order chi connectivity index (χ0) is 28.4. The van der Waals surface area contributed by atoms with Crippen LogP contribution in [0.5, 0.6) is 5.75 Å². The molecular weight excluding hydrogens is 552 g/mol. The van der Waals surface area contributed by atoms with E-state index in [-0.39, 0.29) is 22.2 Å². The van der Waals surface area contributed by atoms with Crippen LogP contribution in [0.3, 0.4) is 0 Å². The maximum Gasteiger partial charge on any atom is 0.301 e. The Labute approximate surface area is 237 Å². The number of methoxy groups -OCH3 is 1. The average Bonchev–Trinajstić information content (AvgIpc) is 3.54. The minimum atomic E-state index is -1.08. The molecule has 1 fully saturated rings. The maximum atomic E-state index is 13.4. The number of nitro benzene ring substituents is 1. The van der Waals surface area contributed by atoms with Crippen molar-refractivity contribution in [2.24, 2.45) is 0 Å². The molecule has 1 N–H and O–H groups in total. The molecule has 0 radical (unpaired) electrons. The molecule has 202 valence electrons. The number of aryl methyl sites for hydroxylation is 1. The number of ketones is 1. The zero-order valence-corrected chi connectivity index (χ0v) is 22.9. The van der Waals surface area contributed by atoms with Crippen LogP contribution >= 0.6 is 23.1 Å². The van der Waals surface area contributed by atoms with E-state index in [4.69, 9.17) is 4.74 Å². The molecule has 0 bridgehead atoms. The number of nitro groups is 1. The van der Waals surface area contributed by atoms with Crippen molar-refractivity contribution in [1.29, 1.82) is 0 Å². The predicted molar refractivity (Wildman–Crippen MR) is 152 cm³/mol. The van der Waals surface area contributed by atoms with Crippen molar-refractivity contribution in [1.82, 2.24) is 10.2 Å². The molecule has 1 atom stereocenters. The topological polar surface area (TPSA) is 136 Å². The number of non-ortho nitro benzene ring substituents is 1. The fourth-order valence-electron chi connectivity index (χ4n) is 4.22. The molecule has 5 rings (SSSR count). The van der Waals surface area contributed by atoms with Crippen LogP contribution < -0.4 is 9.64 Å². The monoisotopic (exact) mass is 574 g/mol. The van der Waals surface area contributed by atoms with Gasteiger partial charge in [-0.2, -0.15) is 0 Å². The number of Topliss-reactive ketones (excluding diaryl/α,β-unsaturated/α-hetero) is 1. The Balaban J connectivity index is 1.54. The van der Waals surface area contributed by atoms with E-state index < -0.39 is 22.7 Å². The van der Waals surface area contributed by atoms with Gasteiger partial charge in [0.05, 0.1) is 23.6 Å². The van der Waals surface area contributed by atoms with Crippen molar-refractivity contribution < 1.29 is 24.4 Å². The summed E-state index contributed by atoms with van der Waals surface area (Å²) in [7, 11) is 1.50. The Morgan fingerprint density at radius 3 is 2.35 bits per heavy atom. The molecular formula is C28H22N4O6S2. The SMILES string of the molecule is COc1ccc(/C(O)=C2/C(=O)C(=O)N(c3nnc(SCc4ccc(C)cc4)s3)C2c2ccc([N+](=O)[O-])cc2)cc1. The van der Waals surface area contributed by atoms with Crippen LogP contribution in [-0.2, 0) is 15.3 Å². The number of aliphatic hydroxyl groups excluding tert-OH is 1. The lowest BCUT2D eigenvalue weighted by Crippen LogP contribution is -2.29. The number of ether oxygens (including phenoxy) is 1. The average molecular weight is 575 g/mol. The summed E-state index contributed by atoms with van der Waals surface area (Å²) in [6, 6.07) is 18.9. The number of rotatable bonds is 8. The minimum Gasteiger partial charge on any atom is -0.507 e. The molecule has 4 aromatic rings. The van der Waals surface area contributed by atoms with Crippen LogP contribution in [0, 0.1) is 17.0 Å². The van der Waals surface area contributed by atoms with E-state index in [2.05, 4.69) is 10.2 Å². The van der Waals surface area contributed by atoms with Crippen molar-refractivity contribution in [2.75, 3.05) is 12.0 Å². The fourth-order valence-corrected chi connectivity index (χ4v) is 6.04. The zero-order valence-electron chi connectivity index (χ0n) is 21.3. The van der Waals surface area contributed by atoms with Gasteiger partial charge in [-0.3, -0.25) is 24.6 Å². The van der Waals surface area contributed by atoms with Gasteiger partial charge in [0.2, 0.25) is 5.13 Å². The number of aliphatic hydroxyl groups is 1. The third kappa shape index (κ3) is 5.31. The smallest absolute Gasteiger partial charge is 0.301 e. The van der Waals surface area contributed by atoms with Gasteiger partial charge >= 0.3 is 5.91 Å². The lowest BCUT2D eigenvalue weighted by molar-refractivity contribution is -0.384. The molecule has 2 heterocycles. The van der Waals surface area contributed by atoms with Gasteiger partial charge in [0, 0.05) is 23.4 Å². The Hall–Kier alpha value is -4.55. The Bertz CT molecular complexity index is 1620. The van der Waals surface area contributed by atoms with E-state index in [9.17, 15) is 24.8 Å². The third-order valence-electron chi connectivity index (χ3n) is 6.31. The summed E-state index contributed by atoms with van der Waals surface area (Å²) < 4.78 is 5.76. The van der Waals surface area contributed by atoms with Gasteiger partial charge in [0.25, 0.3) is 11.5 Å². The highest BCUT2D eigenvalue weighted by molar-refractivity contribution is 8.00. The number of amides is 1. The van der Waals surface area contributed by atoms with E-state index >= 15 is 0 Å². The molecule has 3 aromatic carbocycles. The molecule has 1 aromatic heterocycles. The maximum absolute atomic E-state index is 13.4. The standard InChI is InChI=1S/C28H22N4O6S2/c1-16-3-5-17(6-4-16)15-39-28-30-29-27(40-28)31-23(18-7-11-20(12-8-18)32(36)37)22(25(34)26(31)35)24(33)19-9-13-21(38-2)14-10-19/h3-14,23,33H,15H2,1-2H3/b24-22-. The van der Waals surface area contributed by atoms with Crippen LogP contribution in [0.2, 0.25) is 0 Å². The molecule has 1 amide bonds. The van der Waals surface area contributed by atoms with Crippen molar-refractivity contribution in [3.63, 3.8) is 0 Å². The lowest BCUT2D eigenvalue weighted by atomic mass is 9.95. The molecule has 0 saturated carbocycles. The number of anilines is 1. The molecule has 40 heavy (non-hydrogen) atoms. The number of carbonyl (C=O) groups is 2. The van der Waals surface area contributed by atoms with Gasteiger partial charge in [-0.05, 0) is 54.4 Å². The van der Waals surface area contributed by atoms with E-state index in [0.717, 1.165) is 22.5 Å². The van der Waals surface area contributed by atoms with Crippen molar-refractivity contribution in [3.05, 3.63) is 111 Å². The van der Waals surface area contributed by atoms with Crippen LogP contribution in [0.15, 0.2) is 82.7 Å². The van der Waals surface area contributed by atoms with Crippen LogP contribution in [0.4, 0.5) is 10.8 Å². The minimum absolute atomic E-state index is 0.151. The Morgan fingerprint density at radius 2 is 1.73 bits per heavy atom. The Kier molecular flexibility index (Phi) is 7.63. The first-order valence-electron chi connectivity index (χ1n) is 12.0. The molecule has 10 nitrogen and oxygen atoms in total. The third-order valence-corrected chi connectivity index (χ3v) is 8.44. The van der Waals surface area contributed by atoms with E-state index in [0.29, 0.717) is 27.0 Å². The second-order valence-electron chi connectivity index (χ2n) is 8.87. The highest BCUT2D eigenvalue weighted by atomic mass is 32.2. The first-order chi connectivity index (χ1) is 19.3. The van der Waals surface area contributed by atoms with Crippen molar-refractivity contribution in [3.8, 4) is 5.75 Å². The fraction of sp³-hybridized carbons (Fsp3) is 0.143. The number of hydrogen-bond acceptors (Lipinski definition) is 10. The van der Waals surface area contributed by atoms with Gasteiger partial charge < -0.3 is 9.84 Å². The number of nitrogens with zero attached hydrogens (tertiary/aromatic N) is 4. The van der Waals surface area contributed by atoms with Crippen molar-refractivity contribution in [2.45, 2.75) is 23.1 Å². The first kappa shape index (κ1) is 27.0. The highest BCUT2D eigenvalue weighted by Gasteiger charge is 2.48. The largest absolute Gasteiger partial charge is 0.507 e. The number of benzene rings is 3. The van der Waals surface area contributed by atoms with E-state index in [1.807, 2.05) is 31.2 Å². The summed E-state index contributed by atoms with van der Waals surface area (Å²) in [6.07, 6.45) is 0. The van der Waals surface area contributed by atoms with Crippen LogP contribution in [-0.4, -0.2) is 39.0 Å². The predicted octanol–water partition coefficient (Wildman–Crippen LogP) is 5.68. The summed E-state index contributed by atoms with van der Waals surface area (Å²) in [5.41, 5.74) is 2.64. The first-order valence-corrected chi connectivity index (χ1v) is 13.8.